The quantitative estimate of drug-likeness (QED) is 0.0311. The number of hydrogen-bond donors (Lipinski definition) is 0. The van der Waals surface area contributed by atoms with Gasteiger partial charge in [-0.1, -0.05) is 114 Å². The van der Waals surface area contributed by atoms with Crippen LogP contribution < -0.4 is 0 Å². The molecule has 0 radical (unpaired) electrons. The van der Waals surface area contributed by atoms with Crippen LogP contribution in [0.3, 0.4) is 0 Å². The molecule has 0 spiro atoms. The summed E-state index contributed by atoms with van der Waals surface area (Å²) in [6.45, 7) is 63.0. The van der Waals surface area contributed by atoms with E-state index in [0.29, 0.717) is 51.5 Å². The first-order valence-electron chi connectivity index (χ1n) is 45.5. The topological polar surface area (TPSA) is 473 Å². The van der Waals surface area contributed by atoms with Crippen molar-refractivity contribution in [1.82, 2.24) is 0 Å². The van der Waals surface area contributed by atoms with E-state index >= 15 is 0 Å². The van der Waals surface area contributed by atoms with E-state index in [4.69, 9.17) is 85.3 Å². The second-order valence-corrected chi connectivity index (χ2v) is 36.8. The fourth-order valence-electron chi connectivity index (χ4n) is 9.63. The maximum atomic E-state index is 11.7. The van der Waals surface area contributed by atoms with Gasteiger partial charge in [-0.2, -0.15) is 0 Å². The Labute approximate surface area is 786 Å². The van der Waals surface area contributed by atoms with E-state index < -0.39 is 158 Å². The smallest absolute Gasteiger partial charge is 0.350 e. The lowest BCUT2D eigenvalue weighted by Gasteiger charge is -2.30. The molecule has 2 fully saturated rings. The molecule has 132 heavy (non-hydrogen) atoms. The molecule has 0 bridgehead atoms. The van der Waals surface area contributed by atoms with Gasteiger partial charge in [0, 0.05) is 62.3 Å². The number of carbonyl (C=O) groups excluding carboxylic acids is 18. The first kappa shape index (κ1) is 136. The molecule has 0 aromatic rings. The summed E-state index contributed by atoms with van der Waals surface area (Å²) < 4.78 is 89.0. The lowest BCUT2D eigenvalue weighted by molar-refractivity contribution is -0.183. The van der Waals surface area contributed by atoms with Crippen LogP contribution in [0.25, 0.3) is 0 Å². The molecule has 2 saturated carbocycles. The molecule has 36 nitrogen and oxygen atoms in total. The molecule has 2 rings (SSSR count). The lowest BCUT2D eigenvalue weighted by atomic mass is 9.96. The third kappa shape index (κ3) is 74.0. The maximum absolute atomic E-state index is 11.7. The van der Waals surface area contributed by atoms with E-state index in [9.17, 15) is 86.3 Å². The number of esters is 18. The highest BCUT2D eigenvalue weighted by Gasteiger charge is 2.41. The van der Waals surface area contributed by atoms with Crippen molar-refractivity contribution in [2.45, 2.75) is 454 Å². The zero-order chi connectivity index (χ0) is 105. The van der Waals surface area contributed by atoms with Crippen LogP contribution in [-0.4, -0.2) is 216 Å². The number of ether oxygens (including phenoxy) is 18. The molecule has 0 saturated heterocycles. The summed E-state index contributed by atoms with van der Waals surface area (Å²) in [4.78, 5) is 200. The van der Waals surface area contributed by atoms with E-state index in [2.05, 4.69) is 13.8 Å². The van der Waals surface area contributed by atoms with E-state index in [-0.39, 0.29) is 24.2 Å². The minimum atomic E-state index is -1.20. The molecule has 0 aromatic heterocycles. The first-order chi connectivity index (χ1) is 60.1. The van der Waals surface area contributed by atoms with Crippen LogP contribution >= 0.6 is 0 Å². The average Bonchev–Trinajstić information content (AvgIpc) is 1.39. The molecule has 2 aliphatic rings. The molecule has 2 atom stereocenters. The van der Waals surface area contributed by atoms with Crippen molar-refractivity contribution < 1.29 is 172 Å². The van der Waals surface area contributed by atoms with Gasteiger partial charge in [-0.05, 0) is 226 Å². The van der Waals surface area contributed by atoms with Gasteiger partial charge in [0.1, 0.15) is 12.2 Å². The van der Waals surface area contributed by atoms with Crippen molar-refractivity contribution in [3.05, 3.63) is 0 Å². The Hall–Kier alpha value is -9.54. The fraction of sp³-hybridized carbons (Fsp3) is 0.812. The second-order valence-electron chi connectivity index (χ2n) is 36.8. The summed E-state index contributed by atoms with van der Waals surface area (Å²) in [5, 5.41) is 0. The summed E-state index contributed by atoms with van der Waals surface area (Å²) in [6, 6.07) is 0. The summed E-state index contributed by atoms with van der Waals surface area (Å²) in [5.41, 5.74) is -10.7. The fourth-order valence-corrected chi connectivity index (χ4v) is 9.63. The van der Waals surface area contributed by atoms with Gasteiger partial charge in [0.05, 0.1) is 45.7 Å². The summed E-state index contributed by atoms with van der Waals surface area (Å²) in [6.07, 6.45) is 18.3. The maximum Gasteiger partial charge on any atom is 0.350 e. The Kier molecular flexibility index (Phi) is 71.2. The molecule has 0 N–H and O–H groups in total. The molecule has 36 heteroatoms. The zero-order valence-corrected chi connectivity index (χ0v) is 87.3. The van der Waals surface area contributed by atoms with Crippen LogP contribution in [0.4, 0.5) is 0 Å². The van der Waals surface area contributed by atoms with Crippen molar-refractivity contribution in [2.75, 3.05) is 39.6 Å². The molecular formula is C96H170O36. The van der Waals surface area contributed by atoms with Gasteiger partial charge in [-0.3, -0.25) is 43.2 Å². The van der Waals surface area contributed by atoms with Gasteiger partial charge in [-0.25, -0.2) is 43.2 Å². The minimum Gasteiger partial charge on any atom is -0.463 e. The number of hydrogen-bond acceptors (Lipinski definition) is 36. The highest BCUT2D eigenvalue weighted by molar-refractivity contribution is 5.87. The Balaban J connectivity index is -0.000000266. The van der Waals surface area contributed by atoms with Gasteiger partial charge < -0.3 is 85.3 Å². The standard InChI is InChI=1S/C12H22O4.C11H18O4.3C11H20O4.C10H16O4.3C10H18O4/c1-5-6-7-8-9-15-11(14)12(3,4)16-10(2)13;1-8(12)15-11(2,3)10(13)14-9-6-4-5-7-9;1-8(2)6-7-14-10(13)11(4,5)15-9(3)12;1-6-8(2)7-14-10(13)11(4,5)15-9(3)12;1-5-6-7-8-14-10(13)11(3,4)15-9(2)12;1-7(11)14-10(2,3)9(12)13-8-5-4-6-8;1-7(2)6-13-9(12)10(4,5)14-8(3)11;1-6-7(2)13-9(12)10(4,5)14-8(3)11;1-5-6-7-13-9(12)10(3,4)14-8(2)11/h5-9H2,1-4H3;9H,4-7H2,1-3H3;2*8H,6-7H2,1-5H3;5-8H2,1-4H3;8H,4-6H2,1-3H3;2*7H,6H2,1-5H3;5-7H2,1-4H3. The Bertz CT molecular complexity index is 3430. The Morgan fingerprint density at radius 1 is 0.250 bits per heavy atom. The van der Waals surface area contributed by atoms with Crippen LogP contribution in [0, 0.1) is 17.8 Å². The first-order valence-corrected chi connectivity index (χ1v) is 45.5. The largest absolute Gasteiger partial charge is 0.463 e. The molecule has 0 heterocycles. The average molecular weight is 1900 g/mol. The van der Waals surface area contributed by atoms with E-state index in [1.807, 2.05) is 55.4 Å². The van der Waals surface area contributed by atoms with Crippen molar-refractivity contribution in [3.8, 4) is 0 Å². The van der Waals surface area contributed by atoms with Crippen LogP contribution in [0.1, 0.15) is 385 Å². The van der Waals surface area contributed by atoms with Gasteiger partial charge in [0.25, 0.3) is 0 Å². The third-order valence-electron chi connectivity index (χ3n) is 17.4. The van der Waals surface area contributed by atoms with E-state index in [0.717, 1.165) is 122 Å². The van der Waals surface area contributed by atoms with Crippen LogP contribution in [-0.2, 0) is 172 Å². The number of rotatable bonds is 42. The summed E-state index contributed by atoms with van der Waals surface area (Å²) in [5.74, 6) is -7.68. The van der Waals surface area contributed by atoms with Crippen LogP contribution in [0.15, 0.2) is 0 Å². The van der Waals surface area contributed by atoms with Gasteiger partial charge >= 0.3 is 107 Å². The minimum absolute atomic E-state index is 0.00679. The van der Waals surface area contributed by atoms with Crippen molar-refractivity contribution in [2.24, 2.45) is 17.8 Å². The highest BCUT2D eigenvalue weighted by atomic mass is 16.7. The second kappa shape index (κ2) is 69.3. The predicted octanol–water partition coefficient (Wildman–Crippen LogP) is 16.5. The molecule has 2 unspecified atom stereocenters. The molecular weight excluding hydrogens is 1730 g/mol. The van der Waals surface area contributed by atoms with Gasteiger partial charge in [0.2, 0.25) is 50.4 Å². The summed E-state index contributed by atoms with van der Waals surface area (Å²) >= 11 is 0. The SMILES string of the molecule is CC(=O)OC(C)(C)C(=O)OC1CCC1.CC(=O)OC(C)(C)C(=O)OC1CCCC1.CC(=O)OC(C)(C)C(=O)OCC(C)C.CC(=O)OC(C)(C)C(=O)OCCC(C)C.CCC(C)COC(=O)C(C)(C)OC(C)=O.CCC(C)OC(=O)C(C)(C)OC(C)=O.CCCCCCOC(=O)C(C)(C)OC(C)=O.CCCCCOC(=O)C(C)(C)OC(C)=O.CCCCOC(=O)C(C)(C)OC(C)=O. The van der Waals surface area contributed by atoms with E-state index in [1.54, 1.807) is 20.8 Å². The van der Waals surface area contributed by atoms with Gasteiger partial charge in [-0.15, -0.1) is 0 Å². The highest BCUT2D eigenvalue weighted by Crippen LogP contribution is 2.27. The Morgan fingerprint density at radius 3 is 0.712 bits per heavy atom. The predicted molar refractivity (Wildman–Crippen MR) is 489 cm³/mol. The van der Waals surface area contributed by atoms with Gasteiger partial charge in [0.15, 0.2) is 0 Å². The van der Waals surface area contributed by atoms with Crippen molar-refractivity contribution >= 4 is 107 Å². The molecule has 2 aliphatic carbocycles. The van der Waals surface area contributed by atoms with Crippen LogP contribution in [0.2, 0.25) is 0 Å². The third-order valence-corrected chi connectivity index (χ3v) is 17.4. The van der Waals surface area contributed by atoms with Crippen molar-refractivity contribution in [3.63, 3.8) is 0 Å². The van der Waals surface area contributed by atoms with Crippen LogP contribution in [0.5, 0.6) is 0 Å². The Morgan fingerprint density at radius 2 is 0.477 bits per heavy atom. The number of carbonyl (C=O) groups is 18. The van der Waals surface area contributed by atoms with E-state index in [1.165, 1.54) is 173 Å². The zero-order valence-electron chi connectivity index (χ0n) is 87.3. The lowest BCUT2D eigenvalue weighted by Crippen LogP contribution is -2.41. The summed E-state index contributed by atoms with van der Waals surface area (Å²) in [7, 11) is 0. The molecule has 0 amide bonds. The molecule has 0 aromatic carbocycles. The van der Waals surface area contributed by atoms with Crippen molar-refractivity contribution in [1.29, 1.82) is 0 Å². The normalized spacial score (nSPS) is 12.9. The molecule has 770 valence electrons. The number of unbranched alkanes of at least 4 members (excludes halogenated alkanes) is 6. The molecule has 0 aliphatic heterocycles. The monoisotopic (exact) mass is 1900 g/mol.